The van der Waals surface area contributed by atoms with E-state index in [0.717, 1.165) is 22.3 Å². The number of carbonyl (C=O) groups excluding carboxylic acids is 1. The van der Waals surface area contributed by atoms with Crippen molar-refractivity contribution in [1.29, 1.82) is 0 Å². The van der Waals surface area contributed by atoms with Crippen LogP contribution in [0, 0.1) is 19.7 Å². The zero-order chi connectivity index (χ0) is 29.4. The van der Waals surface area contributed by atoms with Gasteiger partial charge in [-0.3, -0.25) is 9.89 Å². The molecule has 0 bridgehead atoms. The van der Waals surface area contributed by atoms with E-state index in [2.05, 4.69) is 10.2 Å². The van der Waals surface area contributed by atoms with Gasteiger partial charge in [0.25, 0.3) is 5.91 Å². The minimum atomic E-state index is -0.566. The summed E-state index contributed by atoms with van der Waals surface area (Å²) in [5.41, 5.74) is 6.30. The predicted octanol–water partition coefficient (Wildman–Crippen LogP) is 6.87. The van der Waals surface area contributed by atoms with E-state index in [0.29, 0.717) is 46.2 Å². The fourth-order valence-electron chi connectivity index (χ4n) is 5.55. The quantitative estimate of drug-likeness (QED) is 0.215. The van der Waals surface area contributed by atoms with Crippen LogP contribution in [0.4, 0.5) is 4.39 Å². The van der Waals surface area contributed by atoms with E-state index in [9.17, 15) is 14.3 Å². The number of amides is 1. The van der Waals surface area contributed by atoms with Gasteiger partial charge in [0.2, 0.25) is 0 Å². The second-order valence-corrected chi connectivity index (χ2v) is 10.5. The van der Waals surface area contributed by atoms with Gasteiger partial charge in [-0.1, -0.05) is 54.6 Å². The van der Waals surface area contributed by atoms with Crippen LogP contribution >= 0.6 is 0 Å². The maximum absolute atomic E-state index is 13.9. The van der Waals surface area contributed by atoms with Gasteiger partial charge in [-0.15, -0.1) is 0 Å². The van der Waals surface area contributed by atoms with Crippen LogP contribution in [-0.4, -0.2) is 33.2 Å². The number of halogens is 1. The van der Waals surface area contributed by atoms with Crippen LogP contribution in [0.3, 0.4) is 0 Å². The molecule has 1 aliphatic rings. The Kier molecular flexibility index (Phi) is 7.12. The second kappa shape index (κ2) is 11.0. The first-order valence-corrected chi connectivity index (χ1v) is 13.6. The van der Waals surface area contributed by atoms with E-state index in [-0.39, 0.29) is 24.0 Å². The van der Waals surface area contributed by atoms with Crippen molar-refractivity contribution in [3.05, 3.63) is 130 Å². The molecule has 212 valence electrons. The van der Waals surface area contributed by atoms with Crippen LogP contribution in [0.1, 0.15) is 49.9 Å². The molecule has 0 radical (unpaired) electrons. The summed E-state index contributed by atoms with van der Waals surface area (Å²) in [6.45, 7) is 4.39. The van der Waals surface area contributed by atoms with Crippen molar-refractivity contribution >= 4 is 5.91 Å². The van der Waals surface area contributed by atoms with Crippen LogP contribution in [0.5, 0.6) is 17.2 Å². The number of nitrogens with zero attached hydrogens (tertiary/aromatic N) is 2. The number of benzene rings is 4. The van der Waals surface area contributed by atoms with Crippen LogP contribution in [-0.2, 0) is 13.2 Å². The molecule has 1 aliphatic heterocycles. The lowest BCUT2D eigenvalue weighted by atomic mass is 9.93. The number of aromatic amines is 1. The van der Waals surface area contributed by atoms with Crippen molar-refractivity contribution in [1.82, 2.24) is 15.1 Å². The highest BCUT2D eigenvalue weighted by Gasteiger charge is 2.43. The molecule has 7 nitrogen and oxygen atoms in total. The van der Waals surface area contributed by atoms with Gasteiger partial charge in [-0.05, 0) is 72.0 Å². The number of hydrogen-bond donors (Lipinski definition) is 2. The Morgan fingerprint density at radius 2 is 1.71 bits per heavy atom. The fraction of sp³-hybridized carbons (Fsp3) is 0.176. The normalized spacial score (nSPS) is 14.2. The highest BCUT2D eigenvalue weighted by molar-refractivity contribution is 6.00. The maximum Gasteiger partial charge on any atom is 0.273 e. The third kappa shape index (κ3) is 4.96. The number of nitrogens with one attached hydrogen (secondary N) is 1. The Labute approximate surface area is 243 Å². The maximum atomic E-state index is 13.9. The average molecular weight is 564 g/mol. The molecular formula is C34H30FN3O4. The molecule has 1 atom stereocenters. The van der Waals surface area contributed by atoms with E-state index >= 15 is 0 Å². The molecule has 2 N–H and O–H groups in total. The van der Waals surface area contributed by atoms with Gasteiger partial charge in [-0.25, -0.2) is 4.39 Å². The number of hydrogen-bond acceptors (Lipinski definition) is 5. The first-order valence-electron chi connectivity index (χ1n) is 13.6. The molecular weight excluding hydrogens is 533 g/mol. The lowest BCUT2D eigenvalue weighted by molar-refractivity contribution is 0.0730. The number of ether oxygens (including phenoxy) is 2. The fourth-order valence-corrected chi connectivity index (χ4v) is 5.55. The Hall–Kier alpha value is -5.11. The van der Waals surface area contributed by atoms with Gasteiger partial charge in [0.05, 0.1) is 13.2 Å². The summed E-state index contributed by atoms with van der Waals surface area (Å²) < 4.78 is 25.5. The molecule has 1 unspecified atom stereocenters. The van der Waals surface area contributed by atoms with Gasteiger partial charge in [-0.2, -0.15) is 5.10 Å². The van der Waals surface area contributed by atoms with E-state index < -0.39 is 6.04 Å². The highest BCUT2D eigenvalue weighted by Crippen LogP contribution is 2.47. The summed E-state index contributed by atoms with van der Waals surface area (Å²) in [5, 5.41) is 18.5. The largest absolute Gasteiger partial charge is 0.507 e. The number of phenolic OH excluding ortho intramolecular Hbond substituents is 1. The zero-order valence-electron chi connectivity index (χ0n) is 23.5. The van der Waals surface area contributed by atoms with Crippen molar-refractivity contribution in [3.63, 3.8) is 0 Å². The molecule has 6 rings (SSSR count). The first-order chi connectivity index (χ1) is 20.3. The summed E-state index contributed by atoms with van der Waals surface area (Å²) in [4.78, 5) is 15.6. The van der Waals surface area contributed by atoms with Crippen molar-refractivity contribution in [2.45, 2.75) is 33.0 Å². The summed E-state index contributed by atoms with van der Waals surface area (Å²) in [6, 6.07) is 24.8. The molecule has 5 aromatic rings. The second-order valence-electron chi connectivity index (χ2n) is 10.5. The van der Waals surface area contributed by atoms with Gasteiger partial charge < -0.3 is 19.5 Å². The van der Waals surface area contributed by atoms with E-state index in [1.54, 1.807) is 24.1 Å². The van der Waals surface area contributed by atoms with Crippen molar-refractivity contribution < 1.29 is 23.8 Å². The molecule has 4 aromatic carbocycles. The van der Waals surface area contributed by atoms with Crippen LogP contribution < -0.4 is 9.47 Å². The third-order valence-corrected chi connectivity index (χ3v) is 7.57. The number of methoxy groups -OCH3 is 1. The third-order valence-electron chi connectivity index (χ3n) is 7.57. The molecule has 42 heavy (non-hydrogen) atoms. The van der Waals surface area contributed by atoms with Crippen molar-refractivity contribution in [3.8, 4) is 28.5 Å². The molecule has 1 amide bonds. The Bertz CT molecular complexity index is 1770. The summed E-state index contributed by atoms with van der Waals surface area (Å²) in [7, 11) is 1.58. The number of aryl methyl sites for hydroxylation is 2. The number of aromatic hydroxyl groups is 1. The van der Waals surface area contributed by atoms with Crippen LogP contribution in [0.25, 0.3) is 11.3 Å². The average Bonchev–Trinajstić information content (AvgIpc) is 3.54. The Morgan fingerprint density at radius 1 is 0.952 bits per heavy atom. The molecule has 0 saturated heterocycles. The smallest absolute Gasteiger partial charge is 0.273 e. The molecule has 0 spiro atoms. The number of H-pyrrole nitrogens is 1. The number of phenols is 1. The molecule has 2 heterocycles. The summed E-state index contributed by atoms with van der Waals surface area (Å²) in [5.74, 6) is 0.607. The minimum absolute atomic E-state index is 0.111. The molecule has 0 fully saturated rings. The van der Waals surface area contributed by atoms with Crippen molar-refractivity contribution in [2.24, 2.45) is 0 Å². The number of rotatable bonds is 8. The number of aromatic nitrogens is 2. The topological polar surface area (TPSA) is 87.7 Å². The molecule has 8 heteroatoms. The number of carbonyl (C=O) groups is 1. The van der Waals surface area contributed by atoms with Gasteiger partial charge >= 0.3 is 0 Å². The number of fused-ring (bicyclic) bond motifs is 1. The lowest BCUT2D eigenvalue weighted by Crippen LogP contribution is -2.29. The predicted molar refractivity (Wildman–Crippen MR) is 157 cm³/mol. The monoisotopic (exact) mass is 563 g/mol. The molecule has 1 aromatic heterocycles. The first kappa shape index (κ1) is 27.1. The van der Waals surface area contributed by atoms with Crippen LogP contribution in [0.15, 0.2) is 84.9 Å². The van der Waals surface area contributed by atoms with Gasteiger partial charge in [0.15, 0.2) is 11.5 Å². The molecule has 0 aliphatic carbocycles. The van der Waals surface area contributed by atoms with Gasteiger partial charge in [0.1, 0.15) is 29.6 Å². The highest BCUT2D eigenvalue weighted by atomic mass is 19.1. The van der Waals surface area contributed by atoms with E-state index in [4.69, 9.17) is 9.47 Å². The van der Waals surface area contributed by atoms with E-state index in [1.807, 2.05) is 74.5 Å². The summed E-state index contributed by atoms with van der Waals surface area (Å²) in [6.07, 6.45) is 0. The van der Waals surface area contributed by atoms with Crippen LogP contribution in [0.2, 0.25) is 0 Å². The standard InChI is InChI=1S/C34H30FN3O4/c1-20-15-21(2)33(39)26(16-20)30-29-31(37-36-30)34(40)38(18-22-9-12-25(35)13-10-22)32(29)24-11-14-27(28(17-24)41-3)42-19-23-7-5-4-6-8-23/h4-17,32,39H,18-19H2,1-3H3,(H,36,37). The zero-order valence-corrected chi connectivity index (χ0v) is 23.5. The molecule has 0 saturated carbocycles. The lowest BCUT2D eigenvalue weighted by Gasteiger charge is -2.27. The Morgan fingerprint density at radius 3 is 2.45 bits per heavy atom. The van der Waals surface area contributed by atoms with Gasteiger partial charge in [0, 0.05) is 17.7 Å². The van der Waals surface area contributed by atoms with Crippen molar-refractivity contribution in [2.75, 3.05) is 7.11 Å². The van der Waals surface area contributed by atoms with E-state index in [1.165, 1.54) is 12.1 Å². The Balaban J connectivity index is 1.45. The SMILES string of the molecule is COc1cc(C2c3c(-c4cc(C)cc(C)c4O)n[nH]c3C(=O)N2Cc2ccc(F)cc2)ccc1OCc1ccccc1. The summed E-state index contributed by atoms with van der Waals surface area (Å²) >= 11 is 0. The minimum Gasteiger partial charge on any atom is -0.507 e.